The Morgan fingerprint density at radius 3 is 1.91 bits per heavy atom. The Balaban J connectivity index is 3.65. The fourth-order valence-electron chi connectivity index (χ4n) is 2.63. The summed E-state index contributed by atoms with van der Waals surface area (Å²) >= 11 is 0. The largest absolute Gasteiger partial charge is 0.481 e. The van der Waals surface area contributed by atoms with Crippen molar-refractivity contribution in [3.63, 3.8) is 0 Å². The second kappa shape index (κ2) is 14.5. The zero-order valence-corrected chi connectivity index (χ0v) is 14.9. The molecule has 0 saturated carbocycles. The van der Waals surface area contributed by atoms with Crippen molar-refractivity contribution in [3.8, 4) is 0 Å². The summed E-state index contributed by atoms with van der Waals surface area (Å²) in [6.45, 7) is 4.56. The summed E-state index contributed by atoms with van der Waals surface area (Å²) < 4.78 is 0. The lowest BCUT2D eigenvalue weighted by atomic mass is 9.96. The third-order valence-corrected chi connectivity index (χ3v) is 4.05. The van der Waals surface area contributed by atoms with Gasteiger partial charge in [-0.2, -0.15) is 0 Å². The minimum absolute atomic E-state index is 0.00450. The summed E-state index contributed by atoms with van der Waals surface area (Å²) in [5.41, 5.74) is 0. The lowest BCUT2D eigenvalue weighted by Gasteiger charge is -2.12. The fraction of sp³-hybridized carbons (Fsp3) is 0.889. The van der Waals surface area contributed by atoms with E-state index in [0.717, 1.165) is 25.2 Å². The molecular formula is C18H35NO4. The van der Waals surface area contributed by atoms with Gasteiger partial charge in [-0.05, 0) is 12.3 Å². The van der Waals surface area contributed by atoms with Crippen molar-refractivity contribution in [2.45, 2.75) is 78.1 Å². The molecule has 0 fully saturated rings. The first-order valence-corrected chi connectivity index (χ1v) is 9.07. The predicted molar refractivity (Wildman–Crippen MR) is 92.2 cm³/mol. The van der Waals surface area contributed by atoms with Crippen molar-refractivity contribution in [3.05, 3.63) is 0 Å². The highest BCUT2D eigenvalue weighted by atomic mass is 16.4. The number of aliphatic hydroxyl groups is 1. The summed E-state index contributed by atoms with van der Waals surface area (Å²) in [7, 11) is 0. The lowest BCUT2D eigenvalue weighted by molar-refractivity contribution is -0.144. The molecule has 0 aliphatic carbocycles. The molecule has 23 heavy (non-hydrogen) atoms. The molecule has 0 bridgehead atoms. The maximum absolute atomic E-state index is 11.5. The SMILES string of the molecule is CC(C)CCCCCCCCCC(CC(=O)NCCO)C(=O)O. The Kier molecular flexibility index (Phi) is 13.8. The number of carboxylic acids is 1. The van der Waals surface area contributed by atoms with Gasteiger partial charge in [-0.1, -0.05) is 65.2 Å². The molecule has 5 nitrogen and oxygen atoms in total. The molecular weight excluding hydrogens is 294 g/mol. The van der Waals surface area contributed by atoms with Crippen LogP contribution in [-0.2, 0) is 9.59 Å². The minimum atomic E-state index is -0.905. The van der Waals surface area contributed by atoms with Gasteiger partial charge in [-0.3, -0.25) is 9.59 Å². The van der Waals surface area contributed by atoms with Gasteiger partial charge in [0.05, 0.1) is 12.5 Å². The molecule has 0 aromatic carbocycles. The Bertz CT molecular complexity index is 318. The topological polar surface area (TPSA) is 86.6 Å². The molecule has 0 aromatic heterocycles. The van der Waals surface area contributed by atoms with E-state index in [1.807, 2.05) is 0 Å². The van der Waals surface area contributed by atoms with E-state index in [1.54, 1.807) is 0 Å². The van der Waals surface area contributed by atoms with Crippen LogP contribution in [0.1, 0.15) is 78.1 Å². The number of aliphatic hydroxyl groups excluding tert-OH is 1. The molecule has 0 aliphatic heterocycles. The van der Waals surface area contributed by atoms with Gasteiger partial charge in [-0.25, -0.2) is 0 Å². The van der Waals surface area contributed by atoms with Gasteiger partial charge in [0.25, 0.3) is 0 Å². The van der Waals surface area contributed by atoms with Gasteiger partial charge in [0.15, 0.2) is 0 Å². The van der Waals surface area contributed by atoms with Crippen LogP contribution in [0, 0.1) is 11.8 Å². The van der Waals surface area contributed by atoms with Crippen LogP contribution in [0.5, 0.6) is 0 Å². The lowest BCUT2D eigenvalue weighted by Crippen LogP contribution is -2.30. The molecule has 136 valence electrons. The van der Waals surface area contributed by atoms with Crippen molar-refractivity contribution in [2.24, 2.45) is 11.8 Å². The van der Waals surface area contributed by atoms with E-state index in [0.29, 0.717) is 6.42 Å². The van der Waals surface area contributed by atoms with E-state index in [9.17, 15) is 9.59 Å². The molecule has 1 atom stereocenters. The smallest absolute Gasteiger partial charge is 0.307 e. The van der Waals surface area contributed by atoms with E-state index >= 15 is 0 Å². The van der Waals surface area contributed by atoms with Crippen LogP contribution in [0.4, 0.5) is 0 Å². The molecule has 0 spiro atoms. The number of carbonyl (C=O) groups excluding carboxylic acids is 1. The van der Waals surface area contributed by atoms with Crippen molar-refractivity contribution < 1.29 is 19.8 Å². The summed E-state index contributed by atoms with van der Waals surface area (Å²) in [5.74, 6) is -1.02. The Hall–Kier alpha value is -1.10. The maximum Gasteiger partial charge on any atom is 0.307 e. The number of carboxylic acid groups (broad SMARTS) is 1. The van der Waals surface area contributed by atoms with Crippen LogP contribution in [0.3, 0.4) is 0 Å². The Morgan fingerprint density at radius 1 is 0.913 bits per heavy atom. The van der Waals surface area contributed by atoms with Crippen molar-refractivity contribution in [2.75, 3.05) is 13.2 Å². The van der Waals surface area contributed by atoms with Crippen molar-refractivity contribution in [1.29, 1.82) is 0 Å². The number of nitrogens with one attached hydrogen (secondary N) is 1. The highest BCUT2D eigenvalue weighted by Crippen LogP contribution is 2.17. The number of aliphatic carboxylic acids is 1. The van der Waals surface area contributed by atoms with E-state index in [4.69, 9.17) is 10.2 Å². The van der Waals surface area contributed by atoms with E-state index in [2.05, 4.69) is 19.2 Å². The first kappa shape index (κ1) is 21.9. The molecule has 0 radical (unpaired) electrons. The van der Waals surface area contributed by atoms with Crippen LogP contribution in [0.2, 0.25) is 0 Å². The minimum Gasteiger partial charge on any atom is -0.481 e. The molecule has 0 aromatic rings. The van der Waals surface area contributed by atoms with Crippen LogP contribution in [-0.4, -0.2) is 35.2 Å². The number of amides is 1. The molecule has 3 N–H and O–H groups in total. The van der Waals surface area contributed by atoms with Gasteiger partial charge >= 0.3 is 5.97 Å². The van der Waals surface area contributed by atoms with Gasteiger partial charge < -0.3 is 15.5 Å². The number of hydrogen-bond donors (Lipinski definition) is 3. The van der Waals surface area contributed by atoms with Gasteiger partial charge in [0, 0.05) is 13.0 Å². The first-order chi connectivity index (χ1) is 11.0. The number of rotatable bonds is 15. The molecule has 0 aliphatic rings. The highest BCUT2D eigenvalue weighted by molar-refractivity contribution is 5.82. The average molecular weight is 329 g/mol. The number of carbonyl (C=O) groups is 2. The molecule has 0 heterocycles. The Morgan fingerprint density at radius 2 is 1.43 bits per heavy atom. The highest BCUT2D eigenvalue weighted by Gasteiger charge is 2.20. The van der Waals surface area contributed by atoms with Crippen LogP contribution >= 0.6 is 0 Å². The van der Waals surface area contributed by atoms with E-state index < -0.39 is 11.9 Å². The van der Waals surface area contributed by atoms with E-state index in [1.165, 1.54) is 32.1 Å². The van der Waals surface area contributed by atoms with Crippen molar-refractivity contribution >= 4 is 11.9 Å². The van der Waals surface area contributed by atoms with Crippen LogP contribution < -0.4 is 5.32 Å². The summed E-state index contributed by atoms with van der Waals surface area (Å²) in [5, 5.41) is 20.3. The fourth-order valence-corrected chi connectivity index (χ4v) is 2.63. The summed E-state index contributed by atoms with van der Waals surface area (Å²) in [6, 6.07) is 0. The second-order valence-electron chi connectivity index (χ2n) is 6.76. The maximum atomic E-state index is 11.5. The van der Waals surface area contributed by atoms with Crippen LogP contribution in [0.25, 0.3) is 0 Å². The third kappa shape index (κ3) is 14.2. The molecule has 5 heteroatoms. The molecule has 1 amide bonds. The molecule has 0 saturated heterocycles. The first-order valence-electron chi connectivity index (χ1n) is 9.07. The molecule has 1 unspecified atom stereocenters. The number of hydrogen-bond acceptors (Lipinski definition) is 3. The Labute approximate surface area is 140 Å². The number of unbranched alkanes of at least 4 members (excludes halogenated alkanes) is 6. The average Bonchev–Trinajstić information content (AvgIpc) is 2.49. The summed E-state index contributed by atoms with van der Waals surface area (Å²) in [6.07, 6.45) is 9.97. The van der Waals surface area contributed by atoms with Crippen molar-refractivity contribution in [1.82, 2.24) is 5.32 Å². The van der Waals surface area contributed by atoms with E-state index in [-0.39, 0.29) is 25.5 Å². The van der Waals surface area contributed by atoms with Gasteiger partial charge in [0.2, 0.25) is 5.91 Å². The quantitative estimate of drug-likeness (QED) is 0.402. The van der Waals surface area contributed by atoms with Gasteiger partial charge in [-0.15, -0.1) is 0 Å². The zero-order valence-electron chi connectivity index (χ0n) is 14.9. The van der Waals surface area contributed by atoms with Crippen LogP contribution in [0.15, 0.2) is 0 Å². The summed E-state index contributed by atoms with van der Waals surface area (Å²) in [4.78, 5) is 22.7. The standard InChI is InChI=1S/C18H35NO4/c1-15(2)10-8-6-4-3-5-7-9-11-16(18(22)23)14-17(21)19-12-13-20/h15-16,20H,3-14H2,1-2H3,(H,19,21)(H,22,23). The monoisotopic (exact) mass is 329 g/mol. The molecule has 0 rings (SSSR count). The predicted octanol–water partition coefficient (Wildman–Crippen LogP) is 3.35. The third-order valence-electron chi connectivity index (χ3n) is 4.05. The zero-order chi connectivity index (χ0) is 17.5. The normalized spacial score (nSPS) is 12.3. The van der Waals surface area contributed by atoms with Gasteiger partial charge in [0.1, 0.15) is 0 Å². The second-order valence-corrected chi connectivity index (χ2v) is 6.76.